The van der Waals surface area contributed by atoms with E-state index in [-0.39, 0.29) is 6.04 Å². The van der Waals surface area contributed by atoms with Crippen LogP contribution in [0.15, 0.2) is 29.0 Å². The van der Waals surface area contributed by atoms with Gasteiger partial charge in [0.25, 0.3) is 0 Å². The van der Waals surface area contributed by atoms with Crippen molar-refractivity contribution in [2.24, 2.45) is 0 Å². The number of rotatable bonds is 4. The molecule has 4 heterocycles. The summed E-state index contributed by atoms with van der Waals surface area (Å²) in [6.07, 6.45) is 6.86. The molecule has 1 atom stereocenters. The van der Waals surface area contributed by atoms with Crippen LogP contribution >= 0.6 is 0 Å². The minimum Gasteiger partial charge on any atom is -0.354 e. The monoisotopic (exact) mass is 391 g/mol. The molecule has 1 saturated heterocycles. The Bertz CT molecular complexity index is 996. The second-order valence-corrected chi connectivity index (χ2v) is 7.76. The van der Waals surface area contributed by atoms with E-state index in [4.69, 9.17) is 14.5 Å². The fourth-order valence-corrected chi connectivity index (χ4v) is 4.26. The molecule has 150 valence electrons. The minimum absolute atomic E-state index is 0.127. The Morgan fingerprint density at radius 2 is 1.79 bits per heavy atom. The summed E-state index contributed by atoms with van der Waals surface area (Å²) in [6, 6.07) is 4.08. The van der Waals surface area contributed by atoms with Gasteiger partial charge in [-0.05, 0) is 45.2 Å². The normalized spacial score (nSPS) is 18.1. The van der Waals surface area contributed by atoms with Crippen LogP contribution in [0.3, 0.4) is 0 Å². The van der Waals surface area contributed by atoms with Crippen LogP contribution in [0.4, 0.5) is 5.82 Å². The van der Waals surface area contributed by atoms with Crippen molar-refractivity contribution in [2.45, 2.75) is 39.2 Å². The molecule has 1 aliphatic heterocycles. The van der Waals surface area contributed by atoms with Gasteiger partial charge in [0.2, 0.25) is 5.89 Å². The number of anilines is 1. The summed E-state index contributed by atoms with van der Waals surface area (Å²) < 4.78 is 5.37. The van der Waals surface area contributed by atoms with E-state index in [1.54, 1.807) is 12.4 Å². The topological polar surface area (TPSA) is 84.1 Å². The molecule has 0 bridgehead atoms. The summed E-state index contributed by atoms with van der Waals surface area (Å²) in [6.45, 7) is 7.71. The van der Waals surface area contributed by atoms with E-state index in [9.17, 15) is 0 Å². The number of aromatic nitrogens is 5. The lowest BCUT2D eigenvalue weighted by atomic mass is 10.1. The van der Waals surface area contributed by atoms with Crippen molar-refractivity contribution in [3.8, 4) is 11.4 Å². The van der Waals surface area contributed by atoms with Gasteiger partial charge in [0.15, 0.2) is 11.6 Å². The molecule has 3 aromatic heterocycles. The molecule has 0 radical (unpaired) electrons. The molecule has 1 unspecified atom stereocenters. The molecule has 1 fully saturated rings. The lowest BCUT2D eigenvalue weighted by Gasteiger charge is -2.38. The van der Waals surface area contributed by atoms with Gasteiger partial charge < -0.3 is 9.42 Å². The maximum absolute atomic E-state index is 5.37. The van der Waals surface area contributed by atoms with E-state index in [1.807, 2.05) is 19.1 Å². The molecule has 0 amide bonds. The van der Waals surface area contributed by atoms with Gasteiger partial charge in [-0.15, -0.1) is 0 Å². The summed E-state index contributed by atoms with van der Waals surface area (Å²) in [5, 5.41) is 3.93. The number of piperazine rings is 1. The smallest absolute Gasteiger partial charge is 0.243 e. The van der Waals surface area contributed by atoms with Gasteiger partial charge in [-0.2, -0.15) is 4.98 Å². The lowest BCUT2D eigenvalue weighted by Crippen LogP contribution is -2.47. The van der Waals surface area contributed by atoms with Crippen molar-refractivity contribution in [3.63, 3.8) is 0 Å². The lowest BCUT2D eigenvalue weighted by molar-refractivity contribution is 0.164. The second kappa shape index (κ2) is 7.51. The highest BCUT2D eigenvalue weighted by Gasteiger charge is 2.29. The van der Waals surface area contributed by atoms with Crippen molar-refractivity contribution in [1.82, 2.24) is 30.0 Å². The third-order valence-electron chi connectivity index (χ3n) is 5.91. The summed E-state index contributed by atoms with van der Waals surface area (Å²) >= 11 is 0. The van der Waals surface area contributed by atoms with Crippen LogP contribution in [0.2, 0.25) is 0 Å². The van der Waals surface area contributed by atoms with E-state index >= 15 is 0 Å². The summed E-state index contributed by atoms with van der Waals surface area (Å²) in [4.78, 5) is 23.2. The van der Waals surface area contributed by atoms with Gasteiger partial charge in [0.1, 0.15) is 5.82 Å². The van der Waals surface area contributed by atoms with E-state index in [1.165, 1.54) is 11.3 Å². The maximum Gasteiger partial charge on any atom is 0.243 e. The summed E-state index contributed by atoms with van der Waals surface area (Å²) in [5.74, 6) is 3.30. The number of hydrogen-bond acceptors (Lipinski definition) is 8. The van der Waals surface area contributed by atoms with Crippen molar-refractivity contribution >= 4 is 5.82 Å². The quantitative estimate of drug-likeness (QED) is 0.671. The van der Waals surface area contributed by atoms with Gasteiger partial charge in [0, 0.05) is 55.4 Å². The fourth-order valence-electron chi connectivity index (χ4n) is 4.26. The molecule has 2 aliphatic rings. The number of fused-ring (bicyclic) bond motifs is 1. The fraction of sp³-hybridized carbons (Fsp3) is 0.476. The van der Waals surface area contributed by atoms with Crippen LogP contribution in [-0.2, 0) is 12.8 Å². The third-order valence-corrected chi connectivity index (χ3v) is 5.91. The highest BCUT2D eigenvalue weighted by molar-refractivity contribution is 5.61. The Hall–Kier alpha value is -2.87. The van der Waals surface area contributed by atoms with Crippen LogP contribution in [0.1, 0.15) is 42.4 Å². The number of hydrogen-bond donors (Lipinski definition) is 0. The predicted octanol–water partition coefficient (Wildman–Crippen LogP) is 2.60. The zero-order valence-electron chi connectivity index (χ0n) is 16.9. The molecule has 0 N–H and O–H groups in total. The number of aryl methyl sites for hydroxylation is 2. The second-order valence-electron chi connectivity index (χ2n) is 7.76. The van der Waals surface area contributed by atoms with Crippen molar-refractivity contribution in [3.05, 3.63) is 47.5 Å². The Balaban J connectivity index is 1.37. The van der Waals surface area contributed by atoms with Crippen LogP contribution in [0, 0.1) is 6.92 Å². The minimum atomic E-state index is 0.127. The highest BCUT2D eigenvalue weighted by atomic mass is 16.5. The number of pyridine rings is 1. The van der Waals surface area contributed by atoms with Gasteiger partial charge >= 0.3 is 0 Å². The predicted molar refractivity (Wildman–Crippen MR) is 109 cm³/mol. The van der Waals surface area contributed by atoms with E-state index < -0.39 is 0 Å². The van der Waals surface area contributed by atoms with Crippen molar-refractivity contribution in [2.75, 3.05) is 31.1 Å². The molecule has 0 spiro atoms. The summed E-state index contributed by atoms with van der Waals surface area (Å²) in [5.41, 5.74) is 3.56. The van der Waals surface area contributed by atoms with Crippen LogP contribution in [0.5, 0.6) is 0 Å². The zero-order chi connectivity index (χ0) is 19.8. The Morgan fingerprint density at radius 1 is 1.00 bits per heavy atom. The van der Waals surface area contributed by atoms with Crippen molar-refractivity contribution < 1.29 is 4.52 Å². The van der Waals surface area contributed by atoms with Crippen LogP contribution < -0.4 is 4.90 Å². The number of nitrogens with zero attached hydrogens (tertiary/aromatic N) is 7. The zero-order valence-corrected chi connectivity index (χ0v) is 16.9. The first-order chi connectivity index (χ1) is 14.2. The van der Waals surface area contributed by atoms with E-state index in [0.29, 0.717) is 11.7 Å². The van der Waals surface area contributed by atoms with Gasteiger partial charge in [0.05, 0.1) is 6.04 Å². The Morgan fingerprint density at radius 3 is 2.52 bits per heavy atom. The largest absolute Gasteiger partial charge is 0.354 e. The van der Waals surface area contributed by atoms with Crippen molar-refractivity contribution in [1.29, 1.82) is 0 Å². The molecule has 5 rings (SSSR count). The first-order valence-corrected chi connectivity index (χ1v) is 10.3. The Labute approximate surface area is 170 Å². The van der Waals surface area contributed by atoms with Crippen LogP contribution in [-0.4, -0.2) is 56.2 Å². The standard InChI is InChI=1S/C21H25N7O/c1-14(21-23-15(2)26-29-21)27-10-12-28(13-11-27)20-17-4-3-5-18(17)24-19(25-20)16-6-8-22-9-7-16/h6-9,14H,3-5,10-13H2,1-2H3. The Kier molecular flexibility index (Phi) is 4.71. The SMILES string of the molecule is Cc1noc(C(C)N2CCN(c3nc(-c4ccncc4)nc4c3CCC4)CC2)n1. The van der Waals surface area contributed by atoms with Crippen LogP contribution in [0.25, 0.3) is 11.4 Å². The first kappa shape index (κ1) is 18.2. The molecule has 0 saturated carbocycles. The maximum atomic E-state index is 5.37. The van der Waals surface area contributed by atoms with E-state index in [0.717, 1.165) is 62.6 Å². The molecule has 1 aliphatic carbocycles. The molecular weight excluding hydrogens is 366 g/mol. The molecule has 0 aromatic carbocycles. The average Bonchev–Trinajstić information content (AvgIpc) is 3.42. The van der Waals surface area contributed by atoms with Gasteiger partial charge in [-0.1, -0.05) is 5.16 Å². The average molecular weight is 391 g/mol. The van der Waals surface area contributed by atoms with E-state index in [2.05, 4.69) is 31.8 Å². The summed E-state index contributed by atoms with van der Waals surface area (Å²) in [7, 11) is 0. The third kappa shape index (κ3) is 3.48. The molecule has 3 aromatic rings. The van der Waals surface area contributed by atoms with Gasteiger partial charge in [-0.3, -0.25) is 9.88 Å². The molecule has 8 nitrogen and oxygen atoms in total. The highest BCUT2D eigenvalue weighted by Crippen LogP contribution is 2.32. The first-order valence-electron chi connectivity index (χ1n) is 10.3. The van der Waals surface area contributed by atoms with Gasteiger partial charge in [-0.25, -0.2) is 9.97 Å². The molecular formula is C21H25N7O. The molecule has 29 heavy (non-hydrogen) atoms. The molecule has 8 heteroatoms.